The van der Waals surface area contributed by atoms with Gasteiger partial charge in [-0.05, 0) is 25.3 Å². The maximum absolute atomic E-state index is 12.8. The monoisotopic (exact) mass is 327 g/mol. The highest BCUT2D eigenvalue weighted by Crippen LogP contribution is 2.25. The molecule has 3 heterocycles. The summed E-state index contributed by atoms with van der Waals surface area (Å²) >= 11 is 0. The van der Waals surface area contributed by atoms with E-state index in [1.54, 1.807) is 18.5 Å². The first-order valence-corrected chi connectivity index (χ1v) is 8.61. The first-order chi connectivity index (χ1) is 11.8. The second kappa shape index (κ2) is 6.59. The molecule has 7 heteroatoms. The topological polar surface area (TPSA) is 75.4 Å². The average molecular weight is 327 g/mol. The van der Waals surface area contributed by atoms with Crippen LogP contribution in [-0.2, 0) is 12.8 Å². The SMILES string of the molecule is O=C(c1noc2c1CCCCC2)N1CCN(c2ncccn2)CC1. The van der Waals surface area contributed by atoms with Gasteiger partial charge < -0.3 is 14.3 Å². The van der Waals surface area contributed by atoms with Crippen molar-refractivity contribution in [1.29, 1.82) is 0 Å². The van der Waals surface area contributed by atoms with Crippen LogP contribution in [-0.4, -0.2) is 52.1 Å². The van der Waals surface area contributed by atoms with Crippen molar-refractivity contribution in [3.8, 4) is 0 Å². The molecule has 2 aliphatic rings. The molecule has 2 aromatic heterocycles. The van der Waals surface area contributed by atoms with Crippen molar-refractivity contribution in [3.05, 3.63) is 35.5 Å². The number of hydrogen-bond acceptors (Lipinski definition) is 6. The molecule has 1 fully saturated rings. The number of piperazine rings is 1. The zero-order valence-corrected chi connectivity index (χ0v) is 13.6. The van der Waals surface area contributed by atoms with Crippen LogP contribution in [0.4, 0.5) is 5.95 Å². The number of anilines is 1. The quantitative estimate of drug-likeness (QED) is 0.782. The molecule has 2 aromatic rings. The largest absolute Gasteiger partial charge is 0.360 e. The second-order valence-corrected chi connectivity index (χ2v) is 6.32. The van der Waals surface area contributed by atoms with Gasteiger partial charge in [0.2, 0.25) is 5.95 Å². The lowest BCUT2D eigenvalue weighted by Gasteiger charge is -2.34. The molecule has 4 rings (SSSR count). The molecule has 0 unspecified atom stereocenters. The maximum Gasteiger partial charge on any atom is 0.276 e. The molecule has 1 saturated heterocycles. The third-order valence-corrected chi connectivity index (χ3v) is 4.80. The predicted molar refractivity (Wildman–Crippen MR) is 87.9 cm³/mol. The van der Waals surface area contributed by atoms with Crippen LogP contribution >= 0.6 is 0 Å². The molecule has 24 heavy (non-hydrogen) atoms. The van der Waals surface area contributed by atoms with Crippen molar-refractivity contribution in [2.45, 2.75) is 32.1 Å². The van der Waals surface area contributed by atoms with Gasteiger partial charge in [0.05, 0.1) is 0 Å². The molecule has 7 nitrogen and oxygen atoms in total. The van der Waals surface area contributed by atoms with Crippen LogP contribution in [0.5, 0.6) is 0 Å². The molecule has 0 spiro atoms. The van der Waals surface area contributed by atoms with E-state index in [9.17, 15) is 4.79 Å². The summed E-state index contributed by atoms with van der Waals surface area (Å²) in [6.45, 7) is 2.77. The third kappa shape index (κ3) is 2.86. The summed E-state index contributed by atoms with van der Waals surface area (Å²) < 4.78 is 5.44. The van der Waals surface area contributed by atoms with Gasteiger partial charge in [0.15, 0.2) is 5.69 Å². The second-order valence-electron chi connectivity index (χ2n) is 6.32. The molecule has 1 aliphatic heterocycles. The van der Waals surface area contributed by atoms with E-state index in [2.05, 4.69) is 20.0 Å². The van der Waals surface area contributed by atoms with Gasteiger partial charge in [-0.2, -0.15) is 0 Å². The van der Waals surface area contributed by atoms with Crippen LogP contribution in [0.3, 0.4) is 0 Å². The first kappa shape index (κ1) is 15.1. The fourth-order valence-electron chi connectivity index (χ4n) is 3.44. The highest BCUT2D eigenvalue weighted by Gasteiger charge is 2.29. The van der Waals surface area contributed by atoms with E-state index in [4.69, 9.17) is 4.52 Å². The number of nitrogens with zero attached hydrogens (tertiary/aromatic N) is 5. The zero-order valence-electron chi connectivity index (χ0n) is 13.6. The van der Waals surface area contributed by atoms with Gasteiger partial charge in [0.25, 0.3) is 5.91 Å². The predicted octanol–water partition coefficient (Wildman–Crippen LogP) is 1.70. The Balaban J connectivity index is 1.44. The van der Waals surface area contributed by atoms with Gasteiger partial charge in [-0.1, -0.05) is 11.6 Å². The fourth-order valence-corrected chi connectivity index (χ4v) is 3.44. The zero-order chi connectivity index (χ0) is 16.4. The normalized spacial score (nSPS) is 18.2. The van der Waals surface area contributed by atoms with Crippen LogP contribution in [0, 0.1) is 0 Å². The molecule has 0 aromatic carbocycles. The van der Waals surface area contributed by atoms with Crippen molar-refractivity contribution >= 4 is 11.9 Å². The Morgan fingerprint density at radius 1 is 1.00 bits per heavy atom. The Kier molecular flexibility index (Phi) is 4.15. The standard InChI is InChI=1S/C17H21N5O2/c23-16(15-13-5-2-1-3-6-14(13)24-20-15)21-9-11-22(12-10-21)17-18-7-4-8-19-17/h4,7-8H,1-3,5-6,9-12H2. The number of aryl methyl sites for hydroxylation is 1. The minimum absolute atomic E-state index is 0.00414. The fraction of sp³-hybridized carbons (Fsp3) is 0.529. The van der Waals surface area contributed by atoms with Gasteiger partial charge in [0.1, 0.15) is 5.76 Å². The Labute approximate surface area is 140 Å². The number of carbonyl (C=O) groups is 1. The number of aromatic nitrogens is 3. The highest BCUT2D eigenvalue weighted by molar-refractivity contribution is 5.94. The van der Waals surface area contributed by atoms with Crippen molar-refractivity contribution in [3.63, 3.8) is 0 Å². The molecule has 0 atom stereocenters. The van der Waals surface area contributed by atoms with Crippen molar-refractivity contribution in [1.82, 2.24) is 20.0 Å². The van der Waals surface area contributed by atoms with Crippen LogP contribution < -0.4 is 4.90 Å². The summed E-state index contributed by atoms with van der Waals surface area (Å²) in [5, 5.41) is 4.09. The maximum atomic E-state index is 12.8. The van der Waals surface area contributed by atoms with E-state index in [1.807, 2.05) is 4.90 Å². The summed E-state index contributed by atoms with van der Waals surface area (Å²) in [6.07, 6.45) is 8.69. The van der Waals surface area contributed by atoms with Crippen molar-refractivity contribution < 1.29 is 9.32 Å². The highest BCUT2D eigenvalue weighted by atomic mass is 16.5. The summed E-state index contributed by atoms with van der Waals surface area (Å²) in [6, 6.07) is 1.81. The number of carbonyl (C=O) groups excluding carboxylic acids is 1. The summed E-state index contributed by atoms with van der Waals surface area (Å²) in [5.41, 5.74) is 1.56. The minimum Gasteiger partial charge on any atom is -0.360 e. The molecular weight excluding hydrogens is 306 g/mol. The Hall–Kier alpha value is -2.44. The number of rotatable bonds is 2. The lowest BCUT2D eigenvalue weighted by Crippen LogP contribution is -2.49. The van der Waals surface area contributed by atoms with Gasteiger partial charge in [-0.15, -0.1) is 0 Å². The summed E-state index contributed by atoms with van der Waals surface area (Å²) in [7, 11) is 0. The Morgan fingerprint density at radius 2 is 1.75 bits per heavy atom. The Morgan fingerprint density at radius 3 is 2.54 bits per heavy atom. The van der Waals surface area contributed by atoms with Crippen molar-refractivity contribution in [2.75, 3.05) is 31.1 Å². The lowest BCUT2D eigenvalue weighted by molar-refractivity contribution is 0.0734. The van der Waals surface area contributed by atoms with Gasteiger partial charge in [-0.3, -0.25) is 4.79 Å². The number of amides is 1. The van der Waals surface area contributed by atoms with E-state index in [0.29, 0.717) is 18.8 Å². The van der Waals surface area contributed by atoms with E-state index in [1.165, 1.54) is 6.42 Å². The smallest absolute Gasteiger partial charge is 0.276 e. The molecule has 126 valence electrons. The number of hydrogen-bond donors (Lipinski definition) is 0. The molecule has 0 bridgehead atoms. The molecule has 0 radical (unpaired) electrons. The van der Waals surface area contributed by atoms with Crippen LogP contribution in [0.25, 0.3) is 0 Å². The van der Waals surface area contributed by atoms with E-state index in [0.717, 1.165) is 56.0 Å². The van der Waals surface area contributed by atoms with Gasteiger partial charge in [0, 0.05) is 50.6 Å². The third-order valence-electron chi connectivity index (χ3n) is 4.80. The summed E-state index contributed by atoms with van der Waals surface area (Å²) in [4.78, 5) is 25.4. The molecule has 0 saturated carbocycles. The van der Waals surface area contributed by atoms with E-state index in [-0.39, 0.29) is 5.91 Å². The molecular formula is C17H21N5O2. The van der Waals surface area contributed by atoms with Gasteiger partial charge in [-0.25, -0.2) is 9.97 Å². The lowest BCUT2D eigenvalue weighted by atomic mass is 10.1. The van der Waals surface area contributed by atoms with E-state index < -0.39 is 0 Å². The Bertz CT molecular complexity index is 707. The number of fused-ring (bicyclic) bond motifs is 1. The summed E-state index contributed by atoms with van der Waals surface area (Å²) in [5.74, 6) is 1.63. The van der Waals surface area contributed by atoms with Crippen LogP contribution in [0.1, 0.15) is 41.1 Å². The van der Waals surface area contributed by atoms with E-state index >= 15 is 0 Å². The van der Waals surface area contributed by atoms with Gasteiger partial charge >= 0.3 is 0 Å². The molecule has 1 amide bonds. The first-order valence-electron chi connectivity index (χ1n) is 8.61. The van der Waals surface area contributed by atoms with Crippen molar-refractivity contribution in [2.24, 2.45) is 0 Å². The molecule has 1 aliphatic carbocycles. The van der Waals surface area contributed by atoms with Crippen LogP contribution in [0.15, 0.2) is 23.0 Å². The average Bonchev–Trinajstić information content (AvgIpc) is 2.90. The minimum atomic E-state index is -0.00414. The van der Waals surface area contributed by atoms with Crippen LogP contribution in [0.2, 0.25) is 0 Å². The molecule has 0 N–H and O–H groups in total.